The lowest BCUT2D eigenvalue weighted by molar-refractivity contribution is 0.218. The van der Waals surface area contributed by atoms with Gasteiger partial charge >= 0.3 is 0 Å². The second-order valence-corrected chi connectivity index (χ2v) is 4.72. The topological polar surface area (TPSA) is 20.2 Å². The van der Waals surface area contributed by atoms with Crippen LogP contribution < -0.4 is 0 Å². The SMILES string of the molecule is Cc1ccc(C(O)c2c(C)cccc2C)cc1F. The molecule has 0 radical (unpaired) electrons. The van der Waals surface area contributed by atoms with Crippen molar-refractivity contribution in [3.8, 4) is 0 Å². The number of benzene rings is 2. The standard InChI is InChI=1S/C16H17FO/c1-10-7-8-13(9-14(10)17)16(18)15-11(2)5-4-6-12(15)3/h4-9,16,18H,1-3H3. The maximum Gasteiger partial charge on any atom is 0.126 e. The predicted octanol–water partition coefficient (Wildman–Crippen LogP) is 3.83. The summed E-state index contributed by atoms with van der Waals surface area (Å²) in [4.78, 5) is 0. The van der Waals surface area contributed by atoms with E-state index in [-0.39, 0.29) is 5.82 Å². The van der Waals surface area contributed by atoms with Crippen LogP contribution in [-0.4, -0.2) is 5.11 Å². The zero-order valence-corrected chi connectivity index (χ0v) is 10.9. The first-order chi connectivity index (χ1) is 8.50. The average molecular weight is 244 g/mol. The average Bonchev–Trinajstić information content (AvgIpc) is 2.32. The Hall–Kier alpha value is -1.67. The van der Waals surface area contributed by atoms with Gasteiger partial charge in [0.05, 0.1) is 0 Å². The predicted molar refractivity (Wildman–Crippen MR) is 71.1 cm³/mol. The Bertz CT molecular complexity index is 555. The summed E-state index contributed by atoms with van der Waals surface area (Å²) in [5, 5.41) is 10.4. The van der Waals surface area contributed by atoms with Crippen molar-refractivity contribution in [2.45, 2.75) is 26.9 Å². The van der Waals surface area contributed by atoms with Gasteiger partial charge in [-0.25, -0.2) is 4.39 Å². The molecule has 94 valence electrons. The van der Waals surface area contributed by atoms with Gasteiger partial charge in [-0.2, -0.15) is 0 Å². The smallest absolute Gasteiger partial charge is 0.126 e. The Labute approximate surface area is 107 Å². The first-order valence-electron chi connectivity index (χ1n) is 6.01. The molecule has 0 aliphatic rings. The lowest BCUT2D eigenvalue weighted by atomic mass is 9.93. The summed E-state index contributed by atoms with van der Waals surface area (Å²) in [5.41, 5.74) is 4.08. The first kappa shape index (κ1) is 12.8. The van der Waals surface area contributed by atoms with E-state index in [1.807, 2.05) is 32.0 Å². The monoisotopic (exact) mass is 244 g/mol. The fourth-order valence-electron chi connectivity index (χ4n) is 2.20. The van der Waals surface area contributed by atoms with Crippen LogP contribution in [0.3, 0.4) is 0 Å². The second kappa shape index (κ2) is 4.91. The molecule has 0 heterocycles. The Morgan fingerprint density at radius 2 is 1.56 bits per heavy atom. The van der Waals surface area contributed by atoms with Crippen LogP contribution >= 0.6 is 0 Å². The number of aliphatic hydroxyl groups excluding tert-OH is 1. The molecule has 0 aliphatic carbocycles. The minimum Gasteiger partial charge on any atom is -0.384 e. The third-order valence-electron chi connectivity index (χ3n) is 3.33. The van der Waals surface area contributed by atoms with E-state index < -0.39 is 6.10 Å². The normalized spacial score (nSPS) is 12.5. The summed E-state index contributed by atoms with van der Waals surface area (Å²) in [6, 6.07) is 10.7. The third-order valence-corrected chi connectivity index (χ3v) is 3.33. The van der Waals surface area contributed by atoms with Crippen LogP contribution in [0.1, 0.15) is 33.9 Å². The van der Waals surface area contributed by atoms with Crippen LogP contribution in [0.25, 0.3) is 0 Å². The van der Waals surface area contributed by atoms with E-state index >= 15 is 0 Å². The molecule has 2 heteroatoms. The minimum absolute atomic E-state index is 0.280. The lowest BCUT2D eigenvalue weighted by Gasteiger charge is -2.17. The molecular weight excluding hydrogens is 227 g/mol. The Morgan fingerprint density at radius 1 is 0.944 bits per heavy atom. The molecule has 2 rings (SSSR count). The molecule has 2 aromatic rings. The molecule has 1 nitrogen and oxygen atoms in total. The maximum absolute atomic E-state index is 13.5. The van der Waals surface area contributed by atoms with Gasteiger partial charge in [-0.3, -0.25) is 0 Å². The van der Waals surface area contributed by atoms with Crippen molar-refractivity contribution in [1.29, 1.82) is 0 Å². The molecule has 1 N–H and O–H groups in total. The summed E-state index contributed by atoms with van der Waals surface area (Å²) in [6.07, 6.45) is -0.777. The van der Waals surface area contributed by atoms with E-state index in [1.54, 1.807) is 19.1 Å². The van der Waals surface area contributed by atoms with E-state index in [1.165, 1.54) is 6.07 Å². The van der Waals surface area contributed by atoms with E-state index in [4.69, 9.17) is 0 Å². The molecule has 2 aromatic carbocycles. The highest BCUT2D eigenvalue weighted by molar-refractivity contribution is 5.41. The summed E-state index contributed by atoms with van der Waals surface area (Å²) in [5.74, 6) is -0.280. The van der Waals surface area contributed by atoms with Gasteiger partial charge in [0.1, 0.15) is 11.9 Å². The fraction of sp³-hybridized carbons (Fsp3) is 0.250. The van der Waals surface area contributed by atoms with Gasteiger partial charge in [0.2, 0.25) is 0 Å². The van der Waals surface area contributed by atoms with Crippen LogP contribution in [0, 0.1) is 26.6 Å². The number of aryl methyl sites for hydroxylation is 3. The van der Waals surface area contributed by atoms with Crippen molar-refractivity contribution in [3.05, 3.63) is 70.0 Å². The molecule has 0 aromatic heterocycles. The summed E-state index contributed by atoms with van der Waals surface area (Å²) < 4.78 is 13.5. The van der Waals surface area contributed by atoms with Crippen LogP contribution in [0.5, 0.6) is 0 Å². The quantitative estimate of drug-likeness (QED) is 0.851. The highest BCUT2D eigenvalue weighted by atomic mass is 19.1. The zero-order chi connectivity index (χ0) is 13.3. The van der Waals surface area contributed by atoms with Crippen molar-refractivity contribution < 1.29 is 9.50 Å². The molecular formula is C16H17FO. The van der Waals surface area contributed by atoms with E-state index in [2.05, 4.69) is 0 Å². The lowest BCUT2D eigenvalue weighted by Crippen LogP contribution is -2.05. The van der Waals surface area contributed by atoms with Crippen LogP contribution in [0.2, 0.25) is 0 Å². The maximum atomic E-state index is 13.5. The molecule has 0 bridgehead atoms. The molecule has 0 spiro atoms. The molecule has 0 aliphatic heterocycles. The van der Waals surface area contributed by atoms with Gasteiger partial charge < -0.3 is 5.11 Å². The second-order valence-electron chi connectivity index (χ2n) is 4.72. The van der Waals surface area contributed by atoms with Crippen molar-refractivity contribution in [2.24, 2.45) is 0 Å². The minimum atomic E-state index is -0.777. The van der Waals surface area contributed by atoms with E-state index in [0.29, 0.717) is 11.1 Å². The number of halogens is 1. The molecule has 0 amide bonds. The Morgan fingerprint density at radius 3 is 2.11 bits per heavy atom. The highest BCUT2D eigenvalue weighted by Crippen LogP contribution is 2.28. The number of hydrogen-bond donors (Lipinski definition) is 1. The van der Waals surface area contributed by atoms with Crippen molar-refractivity contribution in [3.63, 3.8) is 0 Å². The van der Waals surface area contributed by atoms with E-state index in [0.717, 1.165) is 16.7 Å². The molecule has 18 heavy (non-hydrogen) atoms. The summed E-state index contributed by atoms with van der Waals surface area (Å²) >= 11 is 0. The Balaban J connectivity index is 2.48. The van der Waals surface area contributed by atoms with Gasteiger partial charge in [-0.15, -0.1) is 0 Å². The summed E-state index contributed by atoms with van der Waals surface area (Å²) in [7, 11) is 0. The van der Waals surface area contributed by atoms with Crippen molar-refractivity contribution in [2.75, 3.05) is 0 Å². The first-order valence-corrected chi connectivity index (χ1v) is 6.01. The fourth-order valence-corrected chi connectivity index (χ4v) is 2.20. The molecule has 0 fully saturated rings. The number of hydrogen-bond acceptors (Lipinski definition) is 1. The largest absolute Gasteiger partial charge is 0.384 e. The third kappa shape index (κ3) is 2.29. The Kier molecular flexibility index (Phi) is 3.48. The van der Waals surface area contributed by atoms with Gasteiger partial charge in [0.15, 0.2) is 0 Å². The molecule has 0 saturated heterocycles. The van der Waals surface area contributed by atoms with Gasteiger partial charge in [-0.05, 0) is 54.7 Å². The number of rotatable bonds is 2. The van der Waals surface area contributed by atoms with Crippen LogP contribution in [0.4, 0.5) is 4.39 Å². The van der Waals surface area contributed by atoms with Gasteiger partial charge in [0, 0.05) is 0 Å². The summed E-state index contributed by atoms with van der Waals surface area (Å²) in [6.45, 7) is 5.62. The van der Waals surface area contributed by atoms with Crippen LogP contribution in [-0.2, 0) is 0 Å². The van der Waals surface area contributed by atoms with Crippen molar-refractivity contribution >= 4 is 0 Å². The van der Waals surface area contributed by atoms with Crippen LogP contribution in [0.15, 0.2) is 36.4 Å². The molecule has 1 unspecified atom stereocenters. The van der Waals surface area contributed by atoms with Gasteiger partial charge in [0.25, 0.3) is 0 Å². The number of aliphatic hydroxyl groups is 1. The molecule has 0 saturated carbocycles. The molecule has 1 atom stereocenters. The van der Waals surface area contributed by atoms with Crippen molar-refractivity contribution in [1.82, 2.24) is 0 Å². The van der Waals surface area contributed by atoms with E-state index in [9.17, 15) is 9.50 Å². The zero-order valence-electron chi connectivity index (χ0n) is 10.9. The van der Waals surface area contributed by atoms with Gasteiger partial charge in [-0.1, -0.05) is 30.3 Å². The highest BCUT2D eigenvalue weighted by Gasteiger charge is 2.16.